The summed E-state index contributed by atoms with van der Waals surface area (Å²) in [4.78, 5) is 32.9. The molecule has 1 fully saturated rings. The van der Waals surface area contributed by atoms with Crippen LogP contribution in [0, 0.1) is 11.3 Å². The number of piperazine rings is 1. The molecule has 3 aromatic heterocycles. The predicted octanol–water partition coefficient (Wildman–Crippen LogP) is 1.78. The van der Waals surface area contributed by atoms with E-state index in [4.69, 9.17) is 10.00 Å². The van der Waals surface area contributed by atoms with Crippen LogP contribution in [0.1, 0.15) is 30.0 Å². The lowest BCUT2D eigenvalue weighted by molar-refractivity contribution is -0.140. The average Bonchev–Trinajstić information content (AvgIpc) is 3.47. The average molecular weight is 511 g/mol. The van der Waals surface area contributed by atoms with Gasteiger partial charge in [-0.05, 0) is 6.92 Å². The first-order valence-electron chi connectivity index (χ1n) is 10.7. The maximum absolute atomic E-state index is 13.3. The summed E-state index contributed by atoms with van der Waals surface area (Å²) in [6.45, 7) is 3.91. The van der Waals surface area contributed by atoms with E-state index in [1.165, 1.54) is 17.5 Å². The highest BCUT2D eigenvalue weighted by atomic mass is 32.1. The minimum Gasteiger partial charge on any atom is -0.379 e. The number of alkyl halides is 3. The Morgan fingerprint density at radius 3 is 2.71 bits per heavy atom. The van der Waals surface area contributed by atoms with Gasteiger partial charge in [0.15, 0.2) is 10.8 Å². The van der Waals surface area contributed by atoms with Crippen LogP contribution in [0.3, 0.4) is 0 Å². The Bertz CT molecular complexity index is 1300. The van der Waals surface area contributed by atoms with Crippen LogP contribution in [-0.4, -0.2) is 75.2 Å². The van der Waals surface area contributed by atoms with E-state index in [1.807, 2.05) is 10.00 Å². The topological polar surface area (TPSA) is 133 Å². The highest BCUT2D eigenvalue weighted by molar-refractivity contribution is 7.16. The Labute approximate surface area is 200 Å². The summed E-state index contributed by atoms with van der Waals surface area (Å²) >= 11 is 1.31. The van der Waals surface area contributed by atoms with Crippen molar-refractivity contribution in [3.05, 3.63) is 33.3 Å². The number of nitrogens with one attached hydrogen (secondary N) is 1. The number of fused-ring (bicyclic) bond motifs is 1. The number of rotatable bonds is 7. The molecular formula is C20H21F3N8O3S. The van der Waals surface area contributed by atoms with E-state index in [0.29, 0.717) is 31.1 Å². The van der Waals surface area contributed by atoms with Crippen LogP contribution in [-0.2, 0) is 15.7 Å². The molecule has 4 heterocycles. The van der Waals surface area contributed by atoms with Gasteiger partial charge in [0.1, 0.15) is 16.3 Å². The summed E-state index contributed by atoms with van der Waals surface area (Å²) in [5.74, 6) is -0.0891. The number of carbonyl (C=O) groups is 1. The van der Waals surface area contributed by atoms with Crippen LogP contribution < -0.4 is 10.5 Å². The smallest absolute Gasteiger partial charge is 0.379 e. The van der Waals surface area contributed by atoms with Crippen molar-refractivity contribution in [2.45, 2.75) is 25.6 Å². The largest absolute Gasteiger partial charge is 0.435 e. The van der Waals surface area contributed by atoms with Gasteiger partial charge in [-0.25, -0.2) is 10.1 Å². The summed E-state index contributed by atoms with van der Waals surface area (Å²) in [6, 6.07) is 1.42. The highest BCUT2D eigenvalue weighted by Gasteiger charge is 2.38. The SMILES string of the molecule is CC(COCCC(=O)N1CCN(c2ncc(C#N)s2)CC1)n1nc(C(F)(F)F)c2c(=O)[nH]ncc21. The van der Waals surface area contributed by atoms with Crippen LogP contribution in [0.15, 0.2) is 17.2 Å². The number of halogens is 3. The molecule has 35 heavy (non-hydrogen) atoms. The molecule has 0 spiro atoms. The Hall–Kier alpha value is -3.51. The molecule has 4 rings (SSSR count). The van der Waals surface area contributed by atoms with E-state index in [-0.39, 0.29) is 31.1 Å². The van der Waals surface area contributed by atoms with E-state index in [0.717, 1.165) is 16.0 Å². The fraction of sp³-hybridized carbons (Fsp3) is 0.500. The summed E-state index contributed by atoms with van der Waals surface area (Å²) in [5.41, 5.74) is -2.30. The monoisotopic (exact) mass is 510 g/mol. The normalized spacial score (nSPS) is 15.4. The maximum Gasteiger partial charge on any atom is 0.435 e. The molecule has 0 radical (unpaired) electrons. The second-order valence-electron chi connectivity index (χ2n) is 7.91. The van der Waals surface area contributed by atoms with Crippen molar-refractivity contribution in [2.24, 2.45) is 0 Å². The van der Waals surface area contributed by atoms with Gasteiger partial charge in [-0.3, -0.25) is 14.3 Å². The Morgan fingerprint density at radius 1 is 1.31 bits per heavy atom. The van der Waals surface area contributed by atoms with Crippen molar-refractivity contribution in [1.29, 1.82) is 5.26 Å². The van der Waals surface area contributed by atoms with Crippen molar-refractivity contribution in [3.8, 4) is 6.07 Å². The maximum atomic E-state index is 13.3. The quantitative estimate of drug-likeness (QED) is 0.476. The van der Waals surface area contributed by atoms with E-state index in [2.05, 4.69) is 21.3 Å². The minimum atomic E-state index is -4.80. The molecule has 0 bridgehead atoms. The highest BCUT2D eigenvalue weighted by Crippen LogP contribution is 2.33. The van der Waals surface area contributed by atoms with Crippen molar-refractivity contribution >= 4 is 33.3 Å². The molecule has 0 saturated carbocycles. The summed E-state index contributed by atoms with van der Waals surface area (Å²) in [7, 11) is 0. The molecule has 0 aromatic carbocycles. The van der Waals surface area contributed by atoms with Crippen molar-refractivity contribution < 1.29 is 22.7 Å². The Balaban J connectivity index is 1.28. The summed E-state index contributed by atoms with van der Waals surface area (Å²) in [6.07, 6.45) is -2.03. The number of aromatic nitrogens is 5. The number of thiazole rings is 1. The third-order valence-electron chi connectivity index (χ3n) is 5.54. The number of anilines is 1. The van der Waals surface area contributed by atoms with Gasteiger partial charge >= 0.3 is 6.18 Å². The molecule has 3 aromatic rings. The first kappa shape index (κ1) is 24.6. The van der Waals surface area contributed by atoms with E-state index in [9.17, 15) is 22.8 Å². The van der Waals surface area contributed by atoms with Gasteiger partial charge in [0.2, 0.25) is 5.91 Å². The van der Waals surface area contributed by atoms with Gasteiger partial charge in [0, 0.05) is 26.2 Å². The van der Waals surface area contributed by atoms with Gasteiger partial charge in [0.25, 0.3) is 5.56 Å². The molecule has 1 atom stereocenters. The number of hydrogen-bond acceptors (Lipinski definition) is 9. The lowest BCUT2D eigenvalue weighted by atomic mass is 10.2. The molecule has 1 N–H and O–H groups in total. The summed E-state index contributed by atoms with van der Waals surface area (Å²) < 4.78 is 46.6. The van der Waals surface area contributed by atoms with Gasteiger partial charge in [-0.15, -0.1) is 0 Å². The van der Waals surface area contributed by atoms with Crippen molar-refractivity contribution in [3.63, 3.8) is 0 Å². The molecule has 1 saturated heterocycles. The number of ether oxygens (including phenoxy) is 1. The van der Waals surface area contributed by atoms with Crippen molar-refractivity contribution in [1.82, 2.24) is 29.9 Å². The van der Waals surface area contributed by atoms with Crippen LogP contribution >= 0.6 is 11.3 Å². The molecule has 1 aliphatic heterocycles. The number of carbonyl (C=O) groups excluding carboxylic acids is 1. The van der Waals surface area contributed by atoms with Gasteiger partial charge in [-0.2, -0.15) is 28.6 Å². The number of H-pyrrole nitrogens is 1. The second kappa shape index (κ2) is 10.0. The predicted molar refractivity (Wildman–Crippen MR) is 119 cm³/mol. The molecule has 11 nitrogen and oxygen atoms in total. The summed E-state index contributed by atoms with van der Waals surface area (Å²) in [5, 5.41) is 18.3. The van der Waals surface area contributed by atoms with Crippen molar-refractivity contribution in [2.75, 3.05) is 44.3 Å². The molecule has 1 amide bonds. The number of nitrogens with zero attached hydrogens (tertiary/aromatic N) is 7. The van der Waals surface area contributed by atoms with Crippen LogP contribution in [0.5, 0.6) is 0 Å². The molecular weight excluding hydrogens is 489 g/mol. The molecule has 1 unspecified atom stereocenters. The van der Waals surface area contributed by atoms with Crippen LogP contribution in [0.4, 0.5) is 18.3 Å². The fourth-order valence-electron chi connectivity index (χ4n) is 3.79. The first-order valence-corrected chi connectivity index (χ1v) is 11.5. The lowest BCUT2D eigenvalue weighted by Crippen LogP contribution is -2.49. The zero-order chi connectivity index (χ0) is 25.2. The fourth-order valence-corrected chi connectivity index (χ4v) is 4.55. The van der Waals surface area contributed by atoms with Crippen LogP contribution in [0.25, 0.3) is 10.9 Å². The molecule has 1 aliphatic rings. The second-order valence-corrected chi connectivity index (χ2v) is 8.92. The number of hydrogen-bond donors (Lipinski definition) is 1. The van der Waals surface area contributed by atoms with E-state index < -0.39 is 28.9 Å². The first-order chi connectivity index (χ1) is 16.7. The Kier molecular flexibility index (Phi) is 7.03. The zero-order valence-electron chi connectivity index (χ0n) is 18.6. The van der Waals surface area contributed by atoms with Gasteiger partial charge in [0.05, 0.1) is 43.6 Å². The third kappa shape index (κ3) is 5.28. The Morgan fingerprint density at radius 2 is 2.06 bits per heavy atom. The standard InChI is InChI=1S/C20H21F3N8O3S/c1-12(31-14-10-26-27-18(33)16(14)17(28-31)20(21,22)23)11-34-7-2-15(32)29-3-5-30(6-4-29)19-25-9-13(8-24)35-19/h9-10,12H,2-7,11H2,1H3,(H,27,33). The van der Waals surface area contributed by atoms with Gasteiger partial charge < -0.3 is 14.5 Å². The molecule has 186 valence electrons. The van der Waals surface area contributed by atoms with Gasteiger partial charge in [-0.1, -0.05) is 11.3 Å². The minimum absolute atomic E-state index is 0.00674. The van der Waals surface area contributed by atoms with Crippen LogP contribution in [0.2, 0.25) is 0 Å². The molecule has 0 aliphatic carbocycles. The molecule has 15 heteroatoms. The number of aromatic amines is 1. The number of amides is 1. The van der Waals surface area contributed by atoms with E-state index >= 15 is 0 Å². The lowest BCUT2D eigenvalue weighted by Gasteiger charge is -2.34. The zero-order valence-corrected chi connectivity index (χ0v) is 19.4. The number of nitriles is 1. The van der Waals surface area contributed by atoms with E-state index in [1.54, 1.807) is 11.8 Å². The third-order valence-corrected chi connectivity index (χ3v) is 6.50.